The number of hydrogen-bond donors (Lipinski definition) is 3. The summed E-state index contributed by atoms with van der Waals surface area (Å²) in [7, 11) is 1.82. The normalized spacial score (nSPS) is 21.4. The Morgan fingerprint density at radius 1 is 1.00 bits per heavy atom. The summed E-state index contributed by atoms with van der Waals surface area (Å²) in [4.78, 5) is 63.0. The lowest BCUT2D eigenvalue weighted by molar-refractivity contribution is -0.134. The fourth-order valence-corrected chi connectivity index (χ4v) is 8.96. The van der Waals surface area contributed by atoms with E-state index in [1.165, 1.54) is 12.1 Å². The first-order valence-corrected chi connectivity index (χ1v) is 21.1. The number of nitrogens with zero attached hydrogens (tertiary/aromatic N) is 6. The molecule has 3 aliphatic heterocycles. The number of likely N-dealkylation sites (tertiary alicyclic amines) is 1. The van der Waals surface area contributed by atoms with Gasteiger partial charge >= 0.3 is 0 Å². The Bertz CT molecular complexity index is 2490. The van der Waals surface area contributed by atoms with Crippen LogP contribution in [0.3, 0.4) is 0 Å². The molecule has 2 aromatic carbocycles. The molecule has 61 heavy (non-hydrogen) atoms. The quantitative estimate of drug-likeness (QED) is 0.165. The molecule has 0 aliphatic carbocycles. The van der Waals surface area contributed by atoms with Crippen LogP contribution in [0.4, 0.5) is 14.7 Å². The average molecular weight is 836 g/mol. The summed E-state index contributed by atoms with van der Waals surface area (Å²) in [5.41, 5.74) is 4.50. The van der Waals surface area contributed by atoms with Crippen molar-refractivity contribution in [3.8, 4) is 17.1 Å². The highest BCUT2D eigenvalue weighted by Gasteiger charge is 2.33. The van der Waals surface area contributed by atoms with Crippen molar-refractivity contribution in [3.05, 3.63) is 88.2 Å². The molecular formula is C45H51F2N9O5. The number of piperidine rings is 2. The smallest absolute Gasteiger partial charge is 0.258 e. The third kappa shape index (κ3) is 9.04. The van der Waals surface area contributed by atoms with Crippen molar-refractivity contribution < 1.29 is 32.7 Å². The molecule has 14 nitrogen and oxygen atoms in total. The van der Waals surface area contributed by atoms with Crippen LogP contribution in [0.15, 0.2) is 48.7 Å². The standard InChI is InChI=1S/C45H51F2N9O5/c1-25-6-5-15-61-44-33(23-49-54(44)4)37-20-31(16-26(2)50-37)42(59)53-45-51-36-9-7-30(21-38(36)56(45)24-25)41(58)48-22-29-12-14-55(27(3)17-29)13-11-28-18-34(46)40(35(47)19-28)32-8-10-39(57)52-43(32)60/h7,9,16,18-21,23,25,27,29,32H,5-6,8,10-15,17,22,24H2,1-4H3,(H,48,58)(H,51,53,59)(H,52,57,60)/t25-,27+,29?,32-/m1/s1. The van der Waals surface area contributed by atoms with E-state index in [9.17, 15) is 19.2 Å². The van der Waals surface area contributed by atoms with Crippen LogP contribution in [-0.4, -0.2) is 85.1 Å². The maximum Gasteiger partial charge on any atom is 0.258 e. The minimum atomic E-state index is -1.03. The van der Waals surface area contributed by atoms with Gasteiger partial charge in [0.25, 0.3) is 11.8 Å². The molecule has 3 aromatic heterocycles. The predicted molar refractivity (Wildman–Crippen MR) is 224 cm³/mol. The summed E-state index contributed by atoms with van der Waals surface area (Å²) in [5.74, 6) is -2.77. The van der Waals surface area contributed by atoms with E-state index in [0.29, 0.717) is 83.6 Å². The van der Waals surface area contributed by atoms with Gasteiger partial charge in [0.1, 0.15) is 11.6 Å². The minimum absolute atomic E-state index is 0.0423. The zero-order valence-corrected chi connectivity index (χ0v) is 34.9. The van der Waals surface area contributed by atoms with Gasteiger partial charge in [-0.15, -0.1) is 0 Å². The monoisotopic (exact) mass is 835 g/mol. The maximum atomic E-state index is 15.1. The Hall–Kier alpha value is -6.03. The number of hydrogen-bond acceptors (Lipinski definition) is 9. The molecule has 2 saturated heterocycles. The molecule has 0 spiro atoms. The highest BCUT2D eigenvalue weighted by Crippen LogP contribution is 2.33. The van der Waals surface area contributed by atoms with Gasteiger partial charge in [0, 0.05) is 61.5 Å². The molecule has 8 rings (SSSR count). The molecule has 320 valence electrons. The number of pyridine rings is 1. The van der Waals surface area contributed by atoms with E-state index in [-0.39, 0.29) is 48.1 Å². The van der Waals surface area contributed by atoms with Crippen molar-refractivity contribution in [2.45, 2.75) is 84.2 Å². The van der Waals surface area contributed by atoms with Gasteiger partial charge in [-0.25, -0.2) is 18.4 Å². The van der Waals surface area contributed by atoms with Crippen molar-refractivity contribution >= 4 is 40.6 Å². The van der Waals surface area contributed by atoms with E-state index < -0.39 is 29.4 Å². The van der Waals surface area contributed by atoms with Crippen LogP contribution >= 0.6 is 0 Å². The second-order valence-corrected chi connectivity index (χ2v) is 16.9. The first-order valence-electron chi connectivity index (χ1n) is 21.1. The largest absolute Gasteiger partial charge is 0.477 e. The number of benzene rings is 2. The Kier molecular flexibility index (Phi) is 12.0. The zero-order valence-electron chi connectivity index (χ0n) is 34.9. The number of imide groups is 1. The summed E-state index contributed by atoms with van der Waals surface area (Å²) in [6.07, 6.45) is 5.58. The number of nitrogens with one attached hydrogen (secondary N) is 3. The molecule has 3 N–H and O–H groups in total. The third-order valence-electron chi connectivity index (χ3n) is 12.3. The Labute approximate surface area is 352 Å². The summed E-state index contributed by atoms with van der Waals surface area (Å²) in [6, 6.07) is 11.6. The molecule has 3 aliphatic rings. The number of aryl methyl sites for hydroxylation is 2. The first kappa shape index (κ1) is 41.7. The number of ether oxygens (including phenoxy) is 1. The van der Waals surface area contributed by atoms with Gasteiger partial charge in [0.2, 0.25) is 23.6 Å². The molecule has 0 saturated carbocycles. The summed E-state index contributed by atoms with van der Waals surface area (Å²) in [6.45, 7) is 9.03. The van der Waals surface area contributed by atoms with Gasteiger partial charge in [-0.2, -0.15) is 5.10 Å². The topological polar surface area (TPSA) is 165 Å². The van der Waals surface area contributed by atoms with E-state index in [1.54, 1.807) is 29.1 Å². The number of imidazole rings is 1. The molecule has 1 unspecified atom stereocenters. The fraction of sp³-hybridized carbons (Fsp3) is 0.444. The molecule has 5 aromatic rings. The Morgan fingerprint density at radius 2 is 1.80 bits per heavy atom. The Morgan fingerprint density at radius 3 is 2.57 bits per heavy atom. The van der Waals surface area contributed by atoms with Crippen molar-refractivity contribution in [2.75, 3.05) is 31.6 Å². The van der Waals surface area contributed by atoms with E-state index in [1.807, 2.05) is 30.7 Å². The van der Waals surface area contributed by atoms with Crippen LogP contribution in [0.25, 0.3) is 22.3 Å². The van der Waals surface area contributed by atoms with E-state index in [4.69, 9.17) is 9.72 Å². The number of fused-ring (bicyclic) bond motifs is 7. The third-order valence-corrected chi connectivity index (χ3v) is 12.3. The lowest BCUT2D eigenvalue weighted by Crippen LogP contribution is -2.44. The highest BCUT2D eigenvalue weighted by atomic mass is 19.1. The molecule has 0 radical (unpaired) electrons. The van der Waals surface area contributed by atoms with Gasteiger partial charge < -0.3 is 19.5 Å². The van der Waals surface area contributed by atoms with Gasteiger partial charge in [-0.1, -0.05) is 6.92 Å². The summed E-state index contributed by atoms with van der Waals surface area (Å²) >= 11 is 0. The van der Waals surface area contributed by atoms with Crippen molar-refractivity contribution in [3.63, 3.8) is 0 Å². The van der Waals surface area contributed by atoms with Gasteiger partial charge in [0.15, 0.2) is 0 Å². The van der Waals surface area contributed by atoms with E-state index in [0.717, 1.165) is 37.7 Å². The SMILES string of the molecule is Cc1cc2cc(n1)-c1cnn(C)c1OCCC[C@@H](C)Cn1c(nc3ccc(C(=O)NCC4CCN(CCc5cc(F)c([C@H]6CCC(=O)NC6=O)c(F)c5)[C@@H](C)C4)cc31)NC2=O. The van der Waals surface area contributed by atoms with Crippen LogP contribution in [0.1, 0.15) is 95.8 Å². The molecular weight excluding hydrogens is 785 g/mol. The first-order chi connectivity index (χ1) is 29.3. The van der Waals surface area contributed by atoms with E-state index >= 15 is 8.78 Å². The molecule has 2 bridgehead atoms. The number of amides is 4. The van der Waals surface area contributed by atoms with Crippen LogP contribution < -0.4 is 20.7 Å². The van der Waals surface area contributed by atoms with Crippen LogP contribution in [0, 0.1) is 30.4 Å². The predicted octanol–water partition coefficient (Wildman–Crippen LogP) is 6.07. The second kappa shape index (κ2) is 17.5. The number of halogens is 2. The average Bonchev–Trinajstić information content (AvgIpc) is 3.76. The summed E-state index contributed by atoms with van der Waals surface area (Å²) in [5, 5.41) is 12.7. The number of anilines is 1. The number of rotatable bonds is 7. The molecule has 6 heterocycles. The molecule has 16 heteroatoms. The lowest BCUT2D eigenvalue weighted by atomic mass is 9.88. The minimum Gasteiger partial charge on any atom is -0.477 e. The van der Waals surface area contributed by atoms with E-state index in [2.05, 4.69) is 44.8 Å². The fourth-order valence-electron chi connectivity index (χ4n) is 8.96. The highest BCUT2D eigenvalue weighted by molar-refractivity contribution is 6.05. The Balaban J connectivity index is 0.908. The second-order valence-electron chi connectivity index (χ2n) is 16.9. The van der Waals surface area contributed by atoms with Crippen molar-refractivity contribution in [1.82, 2.24) is 39.8 Å². The number of carbonyl (C=O) groups is 4. The summed E-state index contributed by atoms with van der Waals surface area (Å²) < 4.78 is 40.1. The molecule has 2 fully saturated rings. The number of carbonyl (C=O) groups excluding carboxylic acids is 4. The van der Waals surface area contributed by atoms with Crippen molar-refractivity contribution in [2.24, 2.45) is 18.9 Å². The van der Waals surface area contributed by atoms with Crippen molar-refractivity contribution in [1.29, 1.82) is 0 Å². The molecule has 4 amide bonds. The van der Waals surface area contributed by atoms with Gasteiger partial charge in [-0.3, -0.25) is 34.8 Å². The lowest BCUT2D eigenvalue weighted by Gasteiger charge is -2.37. The van der Waals surface area contributed by atoms with Crippen LogP contribution in [0.5, 0.6) is 5.88 Å². The maximum absolute atomic E-state index is 15.1. The number of aromatic nitrogens is 5. The zero-order chi connectivity index (χ0) is 42.9. The van der Waals surface area contributed by atoms with Gasteiger partial charge in [0.05, 0.1) is 41.0 Å². The van der Waals surface area contributed by atoms with Crippen LogP contribution in [0.2, 0.25) is 0 Å². The van der Waals surface area contributed by atoms with Gasteiger partial charge in [-0.05, 0) is 119 Å². The molecule has 4 atom stereocenters. The van der Waals surface area contributed by atoms with Crippen LogP contribution in [-0.2, 0) is 29.6 Å².